The van der Waals surface area contributed by atoms with E-state index in [1.54, 1.807) is 37.3 Å². The summed E-state index contributed by atoms with van der Waals surface area (Å²) in [6.07, 6.45) is 0. The second-order valence-electron chi connectivity index (χ2n) is 6.25. The van der Waals surface area contributed by atoms with E-state index in [1.165, 1.54) is 0 Å². The van der Waals surface area contributed by atoms with Gasteiger partial charge in [0, 0.05) is 10.7 Å². The summed E-state index contributed by atoms with van der Waals surface area (Å²) in [5, 5.41) is 8.08. The molecule has 1 saturated heterocycles. The molecule has 1 unspecified atom stereocenters. The first-order valence-corrected chi connectivity index (χ1v) is 8.61. The van der Waals surface area contributed by atoms with Gasteiger partial charge in [0.1, 0.15) is 12.1 Å². The molecule has 0 bridgehead atoms. The van der Waals surface area contributed by atoms with Crippen molar-refractivity contribution >= 4 is 35.1 Å². The number of nitrogens with one attached hydrogen (secondary N) is 3. The highest BCUT2D eigenvalue weighted by Crippen LogP contribution is 2.26. The number of hydrogen-bond acceptors (Lipinski definition) is 4. The molecule has 7 nitrogen and oxygen atoms in total. The van der Waals surface area contributed by atoms with Gasteiger partial charge in [-0.1, -0.05) is 41.9 Å². The van der Waals surface area contributed by atoms with Crippen molar-refractivity contribution in [2.75, 3.05) is 11.9 Å². The van der Waals surface area contributed by atoms with Gasteiger partial charge in [-0.2, -0.15) is 0 Å². The predicted molar refractivity (Wildman–Crippen MR) is 100 cm³/mol. The third kappa shape index (κ3) is 4.27. The van der Waals surface area contributed by atoms with Crippen LogP contribution < -0.4 is 16.0 Å². The molecule has 1 fully saturated rings. The smallest absolute Gasteiger partial charge is 0.322 e. The van der Waals surface area contributed by atoms with Crippen LogP contribution >= 0.6 is 11.6 Å². The maximum absolute atomic E-state index is 12.1. The fraction of sp³-hybridized carbons (Fsp3) is 0.211. The second-order valence-corrected chi connectivity index (χ2v) is 6.65. The van der Waals surface area contributed by atoms with E-state index in [9.17, 15) is 14.4 Å². The number of anilines is 1. The van der Waals surface area contributed by atoms with Crippen molar-refractivity contribution in [1.29, 1.82) is 0 Å². The normalized spacial score (nSPS) is 18.7. The first kappa shape index (κ1) is 18.9. The Balaban J connectivity index is 1.59. The van der Waals surface area contributed by atoms with Gasteiger partial charge in [0.25, 0.3) is 5.91 Å². The zero-order valence-corrected chi connectivity index (χ0v) is 15.3. The topological polar surface area (TPSA) is 96.5 Å². The molecule has 4 amide bonds. The molecule has 0 saturated carbocycles. The van der Waals surface area contributed by atoms with Crippen molar-refractivity contribution < 1.29 is 19.1 Å². The quantitative estimate of drug-likeness (QED) is 0.663. The molecule has 1 atom stereocenters. The van der Waals surface area contributed by atoms with Crippen molar-refractivity contribution in [3.8, 4) is 0 Å². The number of urea groups is 1. The summed E-state index contributed by atoms with van der Waals surface area (Å²) in [5.74, 6) is -0.789. The minimum Gasteiger partial charge on any atom is -0.367 e. The number of hydrogen-bond donors (Lipinski definition) is 3. The highest BCUT2D eigenvalue weighted by atomic mass is 35.5. The second kappa shape index (κ2) is 7.77. The molecule has 0 aliphatic carbocycles. The Labute approximate surface area is 161 Å². The van der Waals surface area contributed by atoms with Gasteiger partial charge in [-0.3, -0.25) is 14.9 Å². The lowest BCUT2D eigenvalue weighted by Gasteiger charge is -2.21. The molecule has 2 aromatic carbocycles. The lowest BCUT2D eigenvalue weighted by molar-refractivity contribution is -0.123. The zero-order valence-electron chi connectivity index (χ0n) is 14.5. The van der Waals surface area contributed by atoms with E-state index in [0.717, 1.165) is 5.56 Å². The molecule has 1 aliphatic heterocycles. The summed E-state index contributed by atoms with van der Waals surface area (Å²) in [6.45, 7) is 1.67. The molecule has 140 valence electrons. The minimum absolute atomic E-state index is 0.149. The number of rotatable bonds is 6. The van der Waals surface area contributed by atoms with Gasteiger partial charge in [-0.25, -0.2) is 4.79 Å². The predicted octanol–water partition coefficient (Wildman–Crippen LogP) is 2.55. The molecular formula is C19H18ClN3O4. The van der Waals surface area contributed by atoms with E-state index < -0.39 is 17.5 Å². The molecule has 0 spiro atoms. The fourth-order valence-electron chi connectivity index (χ4n) is 2.72. The highest BCUT2D eigenvalue weighted by molar-refractivity contribution is 6.31. The Morgan fingerprint density at radius 3 is 2.67 bits per heavy atom. The lowest BCUT2D eigenvalue weighted by atomic mass is 9.92. The molecule has 2 aromatic rings. The SMILES string of the molecule is CC1(c2cccc(NC(=O)COCc3ccccc3Cl)c2)NC(=O)NC1=O. The highest BCUT2D eigenvalue weighted by Gasteiger charge is 2.43. The van der Waals surface area contributed by atoms with Gasteiger partial charge in [-0.15, -0.1) is 0 Å². The molecule has 3 rings (SSSR count). The van der Waals surface area contributed by atoms with Gasteiger partial charge in [-0.05, 0) is 36.2 Å². The number of carbonyl (C=O) groups is 3. The van der Waals surface area contributed by atoms with Gasteiger partial charge in [0.05, 0.1) is 6.61 Å². The van der Waals surface area contributed by atoms with E-state index in [1.807, 2.05) is 18.2 Å². The molecule has 1 heterocycles. The van der Waals surface area contributed by atoms with Crippen LogP contribution in [-0.2, 0) is 26.5 Å². The molecule has 1 aliphatic rings. The summed E-state index contributed by atoms with van der Waals surface area (Å²) in [7, 11) is 0. The average Bonchev–Trinajstić information content (AvgIpc) is 2.90. The summed E-state index contributed by atoms with van der Waals surface area (Å²) in [4.78, 5) is 35.6. The van der Waals surface area contributed by atoms with Crippen LogP contribution in [0, 0.1) is 0 Å². The summed E-state index contributed by atoms with van der Waals surface area (Å²) >= 11 is 6.04. The fourth-order valence-corrected chi connectivity index (χ4v) is 2.91. The Bertz CT molecular complexity index is 902. The van der Waals surface area contributed by atoms with Crippen molar-refractivity contribution in [3.63, 3.8) is 0 Å². The molecule has 3 N–H and O–H groups in total. The summed E-state index contributed by atoms with van der Waals surface area (Å²) in [5.41, 5.74) is 0.665. The van der Waals surface area contributed by atoms with Gasteiger partial charge >= 0.3 is 6.03 Å². The van der Waals surface area contributed by atoms with Gasteiger partial charge in [0.15, 0.2) is 0 Å². The van der Waals surface area contributed by atoms with Crippen LogP contribution in [-0.4, -0.2) is 24.5 Å². The first-order chi connectivity index (χ1) is 12.9. The number of halogens is 1. The van der Waals surface area contributed by atoms with Crippen molar-refractivity contribution in [2.24, 2.45) is 0 Å². The molecule has 8 heteroatoms. The van der Waals surface area contributed by atoms with Crippen molar-refractivity contribution in [1.82, 2.24) is 10.6 Å². The number of amides is 4. The summed E-state index contributed by atoms with van der Waals surface area (Å²) in [6, 6.07) is 13.4. The minimum atomic E-state index is -1.18. The van der Waals surface area contributed by atoms with E-state index in [4.69, 9.17) is 16.3 Å². The van der Waals surface area contributed by atoms with Crippen LogP contribution in [0.2, 0.25) is 5.02 Å². The lowest BCUT2D eigenvalue weighted by Crippen LogP contribution is -2.40. The van der Waals surface area contributed by atoms with Gasteiger partial charge in [0.2, 0.25) is 5.91 Å². The van der Waals surface area contributed by atoms with Gasteiger partial charge < -0.3 is 15.4 Å². The monoisotopic (exact) mass is 387 g/mol. The number of imide groups is 1. The maximum Gasteiger partial charge on any atom is 0.322 e. The van der Waals surface area contributed by atoms with E-state index >= 15 is 0 Å². The van der Waals surface area contributed by atoms with Crippen molar-refractivity contribution in [3.05, 3.63) is 64.7 Å². The molecule has 0 aromatic heterocycles. The number of benzene rings is 2. The first-order valence-electron chi connectivity index (χ1n) is 8.23. The van der Waals surface area contributed by atoms with Crippen LogP contribution in [0.4, 0.5) is 10.5 Å². The standard InChI is InChI=1S/C19H18ClN3O4/c1-19(17(25)22-18(26)23-19)13-6-4-7-14(9-13)21-16(24)11-27-10-12-5-2-3-8-15(12)20/h2-9H,10-11H2,1H3,(H,21,24)(H2,22,23,25,26). The van der Waals surface area contributed by atoms with Crippen molar-refractivity contribution in [2.45, 2.75) is 19.1 Å². The molecular weight excluding hydrogens is 370 g/mol. The molecule has 0 radical (unpaired) electrons. The maximum atomic E-state index is 12.1. The van der Waals surface area contributed by atoms with E-state index in [0.29, 0.717) is 16.3 Å². The Hall–Kier alpha value is -2.90. The molecule has 27 heavy (non-hydrogen) atoms. The Morgan fingerprint density at radius 1 is 1.19 bits per heavy atom. The number of carbonyl (C=O) groups excluding carboxylic acids is 3. The van der Waals surface area contributed by atoms with E-state index in [2.05, 4.69) is 16.0 Å². The zero-order chi connectivity index (χ0) is 19.4. The third-order valence-corrected chi connectivity index (χ3v) is 4.59. The summed E-state index contributed by atoms with van der Waals surface area (Å²) < 4.78 is 5.40. The largest absolute Gasteiger partial charge is 0.367 e. The van der Waals surface area contributed by atoms with E-state index in [-0.39, 0.29) is 19.1 Å². The van der Waals surface area contributed by atoms with Crippen LogP contribution in [0.25, 0.3) is 0 Å². The van der Waals surface area contributed by atoms with Crippen LogP contribution in [0.3, 0.4) is 0 Å². The van der Waals surface area contributed by atoms with Crippen LogP contribution in [0.5, 0.6) is 0 Å². The Morgan fingerprint density at radius 2 is 1.96 bits per heavy atom. The van der Waals surface area contributed by atoms with Crippen LogP contribution in [0.1, 0.15) is 18.1 Å². The Kier molecular flexibility index (Phi) is 5.43. The number of ether oxygens (including phenoxy) is 1. The van der Waals surface area contributed by atoms with Crippen LogP contribution in [0.15, 0.2) is 48.5 Å². The average molecular weight is 388 g/mol. The third-order valence-electron chi connectivity index (χ3n) is 4.22.